The van der Waals surface area contributed by atoms with Gasteiger partial charge in [-0.05, 0) is 13.8 Å². The Labute approximate surface area is 139 Å². The molecule has 0 unspecified atom stereocenters. The highest BCUT2D eigenvalue weighted by atomic mass is 32.2. The average Bonchev–Trinajstić information content (AvgIpc) is 3.04. The second kappa shape index (κ2) is 6.79. The molecule has 2 aromatic carbocycles. The molecule has 1 N–H and O–H groups in total. The van der Waals surface area contributed by atoms with Gasteiger partial charge >= 0.3 is 0 Å². The van der Waals surface area contributed by atoms with Crippen LogP contribution < -0.4 is 0 Å². The van der Waals surface area contributed by atoms with Gasteiger partial charge in [-0.1, -0.05) is 71.9 Å². The lowest BCUT2D eigenvalue weighted by molar-refractivity contribution is 0.0994. The van der Waals surface area contributed by atoms with Gasteiger partial charge in [0.15, 0.2) is 11.6 Å². The number of nitrogens with zero attached hydrogens (tertiary/aromatic N) is 2. The summed E-state index contributed by atoms with van der Waals surface area (Å²) in [5, 5.41) is 7.46. The smallest absolute Gasteiger partial charge is 0.209 e. The zero-order chi connectivity index (χ0) is 16.2. The Morgan fingerprint density at radius 3 is 2.48 bits per heavy atom. The summed E-state index contributed by atoms with van der Waals surface area (Å²) in [4.78, 5) is 16.9. The highest BCUT2D eigenvalue weighted by Crippen LogP contribution is 2.24. The largest absolute Gasteiger partial charge is 0.293 e. The van der Waals surface area contributed by atoms with Crippen molar-refractivity contribution in [2.75, 3.05) is 0 Å². The molecule has 0 aliphatic rings. The molecule has 5 heteroatoms. The summed E-state index contributed by atoms with van der Waals surface area (Å²) >= 11 is 1.36. The van der Waals surface area contributed by atoms with Crippen LogP contribution in [0.3, 0.4) is 0 Å². The van der Waals surface area contributed by atoms with Gasteiger partial charge in [-0.2, -0.15) is 0 Å². The van der Waals surface area contributed by atoms with E-state index in [4.69, 9.17) is 0 Å². The number of benzene rings is 2. The third kappa shape index (κ3) is 3.68. The van der Waals surface area contributed by atoms with Crippen LogP contribution in [-0.2, 0) is 0 Å². The minimum Gasteiger partial charge on any atom is -0.293 e. The van der Waals surface area contributed by atoms with Gasteiger partial charge in [0.25, 0.3) is 0 Å². The number of thioether (sulfide) groups is 1. The van der Waals surface area contributed by atoms with Gasteiger partial charge in [0.1, 0.15) is 0 Å². The van der Waals surface area contributed by atoms with Gasteiger partial charge in [-0.15, -0.1) is 5.10 Å². The monoisotopic (exact) mass is 323 g/mol. The Hall–Kier alpha value is -2.40. The number of H-pyrrole nitrogens is 1. The highest BCUT2D eigenvalue weighted by Gasteiger charge is 2.18. The van der Waals surface area contributed by atoms with Crippen LogP contribution in [0.15, 0.2) is 59.8 Å². The standard InChI is InChI=1S/C18H17N3OS/c1-12-8-10-14(11-9-12)16(22)13(2)23-18-19-17(20-21-18)15-6-4-3-5-7-15/h3-11,13H,1-2H3,(H,19,20,21)/t13-/m0/s1. The van der Waals surface area contributed by atoms with Crippen molar-refractivity contribution in [3.63, 3.8) is 0 Å². The lowest BCUT2D eigenvalue weighted by Gasteiger charge is -2.07. The molecule has 3 rings (SSSR count). The Morgan fingerprint density at radius 1 is 1.09 bits per heavy atom. The van der Waals surface area contributed by atoms with E-state index in [9.17, 15) is 4.79 Å². The van der Waals surface area contributed by atoms with Crippen LogP contribution in [0.5, 0.6) is 0 Å². The number of ketones is 1. The minimum atomic E-state index is -0.239. The molecule has 0 amide bonds. The molecule has 0 bridgehead atoms. The maximum absolute atomic E-state index is 12.5. The van der Waals surface area contributed by atoms with Crippen LogP contribution in [0.2, 0.25) is 0 Å². The Bertz CT molecular complexity index is 797. The third-order valence-electron chi connectivity index (χ3n) is 3.50. The SMILES string of the molecule is Cc1ccc(C(=O)[C@H](C)Sc2n[nH]c(-c3ccccc3)n2)cc1. The number of hydrogen-bond acceptors (Lipinski definition) is 4. The molecule has 1 heterocycles. The lowest BCUT2D eigenvalue weighted by atomic mass is 10.1. The average molecular weight is 323 g/mol. The number of aromatic amines is 1. The molecule has 23 heavy (non-hydrogen) atoms. The summed E-state index contributed by atoms with van der Waals surface area (Å²) in [5.74, 6) is 0.796. The van der Waals surface area contributed by atoms with Crippen molar-refractivity contribution in [3.05, 3.63) is 65.7 Å². The van der Waals surface area contributed by atoms with E-state index in [0.29, 0.717) is 11.0 Å². The lowest BCUT2D eigenvalue weighted by Crippen LogP contribution is -2.13. The van der Waals surface area contributed by atoms with Crippen molar-refractivity contribution in [1.29, 1.82) is 0 Å². The summed E-state index contributed by atoms with van der Waals surface area (Å²) in [6.45, 7) is 3.89. The molecule has 3 aromatic rings. The number of carbonyl (C=O) groups excluding carboxylic acids is 1. The molecule has 0 radical (unpaired) electrons. The summed E-state index contributed by atoms with van der Waals surface area (Å²) in [6, 6.07) is 17.4. The maximum atomic E-state index is 12.5. The van der Waals surface area contributed by atoms with E-state index in [-0.39, 0.29) is 11.0 Å². The fourth-order valence-electron chi connectivity index (χ4n) is 2.19. The van der Waals surface area contributed by atoms with Gasteiger partial charge in [-0.25, -0.2) is 4.98 Å². The summed E-state index contributed by atoms with van der Waals surface area (Å²) in [7, 11) is 0. The van der Waals surface area contributed by atoms with Crippen LogP contribution in [0.4, 0.5) is 0 Å². The zero-order valence-corrected chi connectivity index (χ0v) is 13.8. The fourth-order valence-corrected chi connectivity index (χ4v) is 2.99. The van der Waals surface area contributed by atoms with Gasteiger partial charge in [0.2, 0.25) is 5.16 Å². The van der Waals surface area contributed by atoms with Gasteiger partial charge in [0.05, 0.1) is 5.25 Å². The van der Waals surface area contributed by atoms with Crippen LogP contribution in [-0.4, -0.2) is 26.2 Å². The first kappa shape index (κ1) is 15.5. The first-order chi connectivity index (χ1) is 11.1. The molecular formula is C18H17N3OS. The first-order valence-electron chi connectivity index (χ1n) is 7.39. The number of carbonyl (C=O) groups is 1. The number of Topliss-reactive ketones (excluding diaryl/α,β-unsaturated/α-hetero) is 1. The van der Waals surface area contributed by atoms with E-state index in [2.05, 4.69) is 15.2 Å². The molecule has 0 saturated heterocycles. The Morgan fingerprint density at radius 2 is 1.78 bits per heavy atom. The van der Waals surface area contributed by atoms with Crippen molar-refractivity contribution in [2.24, 2.45) is 0 Å². The van der Waals surface area contributed by atoms with Crippen molar-refractivity contribution in [2.45, 2.75) is 24.3 Å². The molecule has 1 atom stereocenters. The number of rotatable bonds is 5. The van der Waals surface area contributed by atoms with E-state index in [1.54, 1.807) is 0 Å². The van der Waals surface area contributed by atoms with Crippen LogP contribution in [0.1, 0.15) is 22.8 Å². The molecular weight excluding hydrogens is 306 g/mol. The zero-order valence-electron chi connectivity index (χ0n) is 13.0. The van der Waals surface area contributed by atoms with E-state index >= 15 is 0 Å². The normalized spacial score (nSPS) is 12.1. The molecule has 0 aliphatic heterocycles. The van der Waals surface area contributed by atoms with Gasteiger partial charge in [-0.3, -0.25) is 9.89 Å². The number of nitrogens with one attached hydrogen (secondary N) is 1. The van der Waals surface area contributed by atoms with E-state index in [0.717, 1.165) is 16.7 Å². The predicted octanol–water partition coefficient (Wildman–Crippen LogP) is 4.14. The molecule has 0 fully saturated rings. The van der Waals surface area contributed by atoms with Gasteiger partial charge in [0, 0.05) is 11.1 Å². The molecule has 1 aromatic heterocycles. The summed E-state index contributed by atoms with van der Waals surface area (Å²) in [6.07, 6.45) is 0. The van der Waals surface area contributed by atoms with E-state index in [1.807, 2.05) is 68.4 Å². The van der Waals surface area contributed by atoms with Crippen LogP contribution in [0, 0.1) is 6.92 Å². The summed E-state index contributed by atoms with van der Waals surface area (Å²) in [5.41, 5.74) is 2.84. The maximum Gasteiger partial charge on any atom is 0.209 e. The third-order valence-corrected chi connectivity index (χ3v) is 4.46. The quantitative estimate of drug-likeness (QED) is 0.566. The second-order valence-electron chi connectivity index (χ2n) is 5.32. The molecule has 0 saturated carbocycles. The van der Waals surface area contributed by atoms with Crippen molar-refractivity contribution in [3.8, 4) is 11.4 Å². The van der Waals surface area contributed by atoms with Gasteiger partial charge < -0.3 is 0 Å². The number of hydrogen-bond donors (Lipinski definition) is 1. The number of aromatic nitrogens is 3. The Kier molecular flexibility index (Phi) is 4.57. The Balaban J connectivity index is 1.71. The van der Waals surface area contributed by atoms with Crippen molar-refractivity contribution >= 4 is 17.5 Å². The number of aryl methyl sites for hydroxylation is 1. The molecule has 116 valence electrons. The molecule has 0 aliphatic carbocycles. The first-order valence-corrected chi connectivity index (χ1v) is 8.27. The second-order valence-corrected chi connectivity index (χ2v) is 6.63. The topological polar surface area (TPSA) is 58.6 Å². The summed E-state index contributed by atoms with van der Waals surface area (Å²) < 4.78 is 0. The highest BCUT2D eigenvalue weighted by molar-refractivity contribution is 8.00. The molecule has 0 spiro atoms. The predicted molar refractivity (Wildman–Crippen MR) is 92.6 cm³/mol. The molecule has 4 nitrogen and oxygen atoms in total. The van der Waals surface area contributed by atoms with Crippen molar-refractivity contribution in [1.82, 2.24) is 15.2 Å². The van der Waals surface area contributed by atoms with Crippen molar-refractivity contribution < 1.29 is 4.79 Å². The fraction of sp³-hybridized carbons (Fsp3) is 0.167. The minimum absolute atomic E-state index is 0.0843. The van der Waals surface area contributed by atoms with E-state index < -0.39 is 0 Å². The van der Waals surface area contributed by atoms with Crippen LogP contribution in [0.25, 0.3) is 11.4 Å². The van der Waals surface area contributed by atoms with E-state index in [1.165, 1.54) is 11.8 Å². The van der Waals surface area contributed by atoms with Crippen LogP contribution >= 0.6 is 11.8 Å².